The van der Waals surface area contributed by atoms with Crippen molar-refractivity contribution >= 4 is 17.7 Å². The third-order valence-corrected chi connectivity index (χ3v) is 2.50. The molecule has 1 amide bonds. The van der Waals surface area contributed by atoms with Crippen LogP contribution in [0.2, 0.25) is 0 Å². The average molecular weight is 279 g/mol. The zero-order valence-electron chi connectivity index (χ0n) is 12.5. The van der Waals surface area contributed by atoms with Gasteiger partial charge >= 0.3 is 12.1 Å². The fourth-order valence-corrected chi connectivity index (χ4v) is 1.76. The van der Waals surface area contributed by atoms with Gasteiger partial charge in [-0.05, 0) is 46.8 Å². The summed E-state index contributed by atoms with van der Waals surface area (Å²) in [6.45, 7) is 8.93. The molecule has 5 nitrogen and oxygen atoms in total. The maximum atomic E-state index is 12.3. The quantitative estimate of drug-likeness (QED) is 0.919. The van der Waals surface area contributed by atoms with Crippen molar-refractivity contribution in [1.82, 2.24) is 0 Å². The summed E-state index contributed by atoms with van der Waals surface area (Å²) in [7, 11) is 0. The number of carboxylic acids is 1. The first kappa shape index (κ1) is 16.0. The number of rotatable bonds is 3. The predicted molar refractivity (Wildman–Crippen MR) is 77.3 cm³/mol. The van der Waals surface area contributed by atoms with Crippen molar-refractivity contribution in [2.75, 3.05) is 4.90 Å². The third kappa shape index (κ3) is 3.98. The van der Waals surface area contributed by atoms with E-state index in [1.165, 1.54) is 11.0 Å². The number of carbonyl (C=O) groups excluding carboxylic acids is 1. The van der Waals surface area contributed by atoms with E-state index in [1.807, 2.05) is 13.8 Å². The van der Waals surface area contributed by atoms with Crippen molar-refractivity contribution in [1.29, 1.82) is 0 Å². The third-order valence-electron chi connectivity index (χ3n) is 2.50. The zero-order valence-corrected chi connectivity index (χ0v) is 12.5. The number of amides is 1. The fourth-order valence-electron chi connectivity index (χ4n) is 1.76. The van der Waals surface area contributed by atoms with Crippen molar-refractivity contribution in [3.05, 3.63) is 29.8 Å². The second kappa shape index (κ2) is 5.94. The molecule has 0 aliphatic rings. The number of para-hydroxylation sites is 1. The Morgan fingerprint density at radius 2 is 1.75 bits per heavy atom. The molecule has 0 aromatic heterocycles. The Morgan fingerprint density at radius 1 is 1.20 bits per heavy atom. The number of aromatic carboxylic acids is 1. The lowest BCUT2D eigenvalue weighted by molar-refractivity contribution is 0.0570. The van der Waals surface area contributed by atoms with E-state index >= 15 is 0 Å². The molecule has 0 fully saturated rings. The van der Waals surface area contributed by atoms with Crippen molar-refractivity contribution in [3.63, 3.8) is 0 Å². The number of hydrogen-bond donors (Lipinski definition) is 1. The highest BCUT2D eigenvalue weighted by atomic mass is 16.6. The predicted octanol–water partition coefficient (Wildman–Crippen LogP) is 3.53. The highest BCUT2D eigenvalue weighted by Gasteiger charge is 2.28. The van der Waals surface area contributed by atoms with Crippen LogP contribution in [-0.2, 0) is 4.74 Å². The van der Waals surface area contributed by atoms with E-state index in [0.29, 0.717) is 5.69 Å². The van der Waals surface area contributed by atoms with E-state index in [9.17, 15) is 14.7 Å². The maximum absolute atomic E-state index is 12.3. The topological polar surface area (TPSA) is 66.8 Å². The normalized spacial score (nSPS) is 11.3. The number of hydrogen-bond acceptors (Lipinski definition) is 3. The smallest absolute Gasteiger partial charge is 0.415 e. The molecule has 0 bridgehead atoms. The van der Waals surface area contributed by atoms with Gasteiger partial charge in [-0.15, -0.1) is 0 Å². The standard InChI is InChI=1S/C15H21NO4/c1-10(2)16(14(19)20-15(3,4)5)12-9-7-6-8-11(12)13(17)18/h6-10H,1-5H3,(H,17,18). The number of anilines is 1. The fraction of sp³-hybridized carbons (Fsp3) is 0.467. The summed E-state index contributed by atoms with van der Waals surface area (Å²) in [5.41, 5.74) is -0.223. The summed E-state index contributed by atoms with van der Waals surface area (Å²) in [6.07, 6.45) is -0.554. The lowest BCUT2D eigenvalue weighted by Gasteiger charge is -2.30. The van der Waals surface area contributed by atoms with Crippen LogP contribution in [0.5, 0.6) is 0 Å². The number of nitrogens with zero attached hydrogens (tertiary/aromatic N) is 1. The molecule has 0 heterocycles. The number of carboxylic acid groups (broad SMARTS) is 1. The zero-order chi connectivity index (χ0) is 15.5. The molecule has 0 unspecified atom stereocenters. The molecule has 0 atom stereocenters. The molecule has 5 heteroatoms. The van der Waals surface area contributed by atoms with Crippen LogP contribution in [0.3, 0.4) is 0 Å². The summed E-state index contributed by atoms with van der Waals surface area (Å²) in [6, 6.07) is 6.18. The van der Waals surface area contributed by atoms with Crippen molar-refractivity contribution in [2.24, 2.45) is 0 Å². The van der Waals surface area contributed by atoms with Crippen LogP contribution >= 0.6 is 0 Å². The van der Waals surface area contributed by atoms with Crippen molar-refractivity contribution in [3.8, 4) is 0 Å². The molecule has 0 saturated carbocycles. The van der Waals surface area contributed by atoms with Gasteiger partial charge in [0, 0.05) is 6.04 Å². The first-order valence-electron chi connectivity index (χ1n) is 6.48. The van der Waals surface area contributed by atoms with Crippen LogP contribution in [0.1, 0.15) is 45.0 Å². The van der Waals surface area contributed by atoms with Gasteiger partial charge in [0.2, 0.25) is 0 Å². The van der Waals surface area contributed by atoms with Crippen molar-refractivity contribution < 1.29 is 19.4 Å². The second-order valence-corrected chi connectivity index (χ2v) is 5.77. The van der Waals surface area contributed by atoms with E-state index in [2.05, 4.69) is 0 Å². The number of ether oxygens (including phenoxy) is 1. The van der Waals surface area contributed by atoms with Gasteiger partial charge in [-0.1, -0.05) is 12.1 Å². The summed E-state index contributed by atoms with van der Waals surface area (Å²) >= 11 is 0. The van der Waals surface area contributed by atoms with Crippen LogP contribution in [-0.4, -0.2) is 28.8 Å². The Bertz CT molecular complexity index is 503. The monoisotopic (exact) mass is 279 g/mol. The minimum atomic E-state index is -1.07. The van der Waals surface area contributed by atoms with Crippen molar-refractivity contribution in [2.45, 2.75) is 46.3 Å². The summed E-state index contributed by atoms with van der Waals surface area (Å²) in [5, 5.41) is 9.23. The lowest BCUT2D eigenvalue weighted by Crippen LogP contribution is -2.41. The molecule has 1 aromatic rings. The van der Waals surface area contributed by atoms with Gasteiger partial charge in [-0.25, -0.2) is 9.59 Å². The van der Waals surface area contributed by atoms with E-state index in [1.54, 1.807) is 39.0 Å². The Labute approximate surface area is 119 Å². The van der Waals surface area contributed by atoms with E-state index in [4.69, 9.17) is 4.74 Å². The largest absolute Gasteiger partial charge is 0.478 e. The highest BCUT2D eigenvalue weighted by molar-refractivity contribution is 6.00. The van der Waals surface area contributed by atoms with E-state index in [-0.39, 0.29) is 11.6 Å². The van der Waals surface area contributed by atoms with E-state index < -0.39 is 17.7 Å². The molecular formula is C15H21NO4. The van der Waals surface area contributed by atoms with Gasteiger partial charge in [0.05, 0.1) is 11.3 Å². The van der Waals surface area contributed by atoms with Gasteiger partial charge in [-0.2, -0.15) is 0 Å². The Balaban J connectivity index is 3.22. The van der Waals surface area contributed by atoms with Crippen LogP contribution in [0.4, 0.5) is 10.5 Å². The van der Waals surface area contributed by atoms with Crippen LogP contribution < -0.4 is 4.90 Å². The van der Waals surface area contributed by atoms with Gasteiger partial charge in [0.1, 0.15) is 5.60 Å². The molecule has 0 radical (unpaired) electrons. The first-order valence-corrected chi connectivity index (χ1v) is 6.48. The number of carbonyl (C=O) groups is 2. The lowest BCUT2D eigenvalue weighted by atomic mass is 10.1. The second-order valence-electron chi connectivity index (χ2n) is 5.77. The molecule has 1 rings (SSSR count). The number of benzene rings is 1. The van der Waals surface area contributed by atoms with E-state index in [0.717, 1.165) is 0 Å². The molecule has 0 spiro atoms. The SMILES string of the molecule is CC(C)N(C(=O)OC(C)(C)C)c1ccccc1C(=O)O. The molecule has 0 aliphatic carbocycles. The molecule has 1 N–H and O–H groups in total. The first-order chi connectivity index (χ1) is 9.13. The molecule has 0 saturated heterocycles. The average Bonchev–Trinajstić information content (AvgIpc) is 2.26. The van der Waals surface area contributed by atoms with Gasteiger partial charge < -0.3 is 9.84 Å². The summed E-state index contributed by atoms with van der Waals surface area (Å²) < 4.78 is 5.34. The van der Waals surface area contributed by atoms with Crippen LogP contribution in [0.15, 0.2) is 24.3 Å². The molecule has 1 aromatic carbocycles. The van der Waals surface area contributed by atoms with Gasteiger partial charge in [-0.3, -0.25) is 4.90 Å². The Morgan fingerprint density at radius 3 is 2.20 bits per heavy atom. The molecule has 0 aliphatic heterocycles. The molecule has 110 valence electrons. The minimum Gasteiger partial charge on any atom is -0.478 e. The maximum Gasteiger partial charge on any atom is 0.415 e. The summed E-state index contributed by atoms with van der Waals surface area (Å²) in [5.74, 6) is -1.07. The van der Waals surface area contributed by atoms with Crippen LogP contribution in [0.25, 0.3) is 0 Å². The van der Waals surface area contributed by atoms with Crippen LogP contribution in [0, 0.1) is 0 Å². The highest BCUT2D eigenvalue weighted by Crippen LogP contribution is 2.25. The minimum absolute atomic E-state index is 0.0760. The van der Waals surface area contributed by atoms with Gasteiger partial charge in [0.25, 0.3) is 0 Å². The summed E-state index contributed by atoms with van der Waals surface area (Å²) in [4.78, 5) is 24.9. The molecule has 20 heavy (non-hydrogen) atoms. The van der Waals surface area contributed by atoms with Gasteiger partial charge in [0.15, 0.2) is 0 Å². The molecular weight excluding hydrogens is 258 g/mol. The Kier molecular flexibility index (Phi) is 4.76. The Hall–Kier alpha value is -2.04.